The number of fused-ring (bicyclic) bond motifs is 1. The van der Waals surface area contributed by atoms with E-state index in [1.54, 1.807) is 0 Å². The van der Waals surface area contributed by atoms with E-state index in [9.17, 15) is 0 Å². The zero-order valence-electron chi connectivity index (χ0n) is 6.28. The van der Waals surface area contributed by atoms with Gasteiger partial charge in [-0.25, -0.2) is 0 Å². The second-order valence-electron chi connectivity index (χ2n) is 2.56. The number of hydrogen-bond acceptors (Lipinski definition) is 2. The summed E-state index contributed by atoms with van der Waals surface area (Å²) in [6.45, 7) is 0. The average molecular weight is 359 g/mol. The van der Waals surface area contributed by atoms with Crippen LogP contribution in [0.4, 0.5) is 5.82 Å². The third kappa shape index (κ3) is 1.31. The van der Waals surface area contributed by atoms with Crippen LogP contribution in [0.1, 0.15) is 0 Å². The van der Waals surface area contributed by atoms with Crippen LogP contribution in [0, 0.1) is 42.8 Å². The van der Waals surface area contributed by atoms with Gasteiger partial charge < -0.3 is 0 Å². The molecule has 2 aromatic rings. The first-order chi connectivity index (χ1) is 5.27. The molecule has 0 aliphatic heterocycles. The van der Waals surface area contributed by atoms with Crippen molar-refractivity contribution in [1.82, 2.24) is 9.38 Å². The van der Waals surface area contributed by atoms with Crippen LogP contribution in [0.3, 0.4) is 0 Å². The summed E-state index contributed by atoms with van der Waals surface area (Å²) in [4.78, 5) is 4.36. The van der Waals surface area contributed by atoms with Crippen molar-refractivity contribution in [2.75, 3.05) is 5.73 Å². The van der Waals surface area contributed by atoms with E-state index in [2.05, 4.69) is 4.98 Å². The van der Waals surface area contributed by atoms with Gasteiger partial charge in [0.05, 0.1) is 0 Å². The first-order valence-electron chi connectivity index (χ1n) is 3.47. The molecule has 0 saturated heterocycles. The van der Waals surface area contributed by atoms with E-state index in [-0.39, 0.29) is 0 Å². The molecule has 0 aliphatic rings. The van der Waals surface area contributed by atoms with Gasteiger partial charge in [0, 0.05) is 0 Å². The van der Waals surface area contributed by atoms with E-state index in [0.29, 0.717) is 42.8 Å². The topological polar surface area (TPSA) is 43.3 Å². The zero-order valence-corrected chi connectivity index (χ0v) is 14.5. The van der Waals surface area contributed by atoms with E-state index in [1.165, 1.54) is 0.735 Å². The molecule has 52 valence electrons. The van der Waals surface area contributed by atoms with Crippen molar-refractivity contribution in [1.29, 1.82) is 0 Å². The van der Waals surface area contributed by atoms with Crippen molar-refractivity contribution in [3.05, 3.63) is 24.4 Å². The first kappa shape index (κ1) is 7.60. The maximum atomic E-state index is 5.72. The SMILES string of the molecule is Nc1cccc2n[c]([RaH])cn12. The van der Waals surface area contributed by atoms with Gasteiger partial charge in [-0.1, -0.05) is 0 Å². The Kier molecular flexibility index (Phi) is 1.92. The quantitative estimate of drug-likeness (QED) is 0.710. The number of rotatable bonds is 0. The van der Waals surface area contributed by atoms with E-state index < -0.39 is 0 Å². The van der Waals surface area contributed by atoms with E-state index in [4.69, 9.17) is 5.73 Å². The molecule has 0 atom stereocenters. The predicted octanol–water partition coefficient (Wildman–Crippen LogP) is -0.177. The summed E-state index contributed by atoms with van der Waals surface area (Å²) in [5, 5.41) is 0. The van der Waals surface area contributed by atoms with Crippen LogP contribution in [-0.4, -0.2) is 9.38 Å². The molecule has 2 N–H and O–H groups in total. The number of imidazole rings is 1. The molecule has 11 heavy (non-hydrogen) atoms. The van der Waals surface area contributed by atoms with Crippen LogP contribution in [-0.2, 0) is 0 Å². The fourth-order valence-corrected chi connectivity index (χ4v) is 3.16. The molecule has 0 fully saturated rings. The molecule has 0 spiro atoms. The van der Waals surface area contributed by atoms with E-state index >= 15 is 0 Å². The number of pyridine rings is 1. The van der Waals surface area contributed by atoms with Crippen molar-refractivity contribution >= 4 is 12.2 Å². The van der Waals surface area contributed by atoms with Gasteiger partial charge in [-0.05, 0) is 0 Å². The minimum atomic E-state index is 0.334. The number of anilines is 1. The second kappa shape index (κ2) is 2.78. The molecule has 0 radical (unpaired) electrons. The second-order valence-corrected chi connectivity index (χ2v) is 6.77. The fraction of sp³-hybridized carbons (Fsp3) is 0. The number of nitrogens with zero attached hydrogens (tertiary/aromatic N) is 2. The third-order valence-electron chi connectivity index (χ3n) is 1.64. The van der Waals surface area contributed by atoms with Gasteiger partial charge in [-0.15, -0.1) is 0 Å². The van der Waals surface area contributed by atoms with Crippen LogP contribution < -0.4 is 6.47 Å². The molecule has 2 rings (SSSR count). The van der Waals surface area contributed by atoms with Crippen LogP contribution in [0.2, 0.25) is 0 Å². The van der Waals surface area contributed by atoms with Crippen LogP contribution >= 0.6 is 0 Å². The number of nitrogen functional groups attached to an aromatic ring is 1. The molecular formula is C7H7N3Ra. The summed E-state index contributed by atoms with van der Waals surface area (Å²) < 4.78 is 3.15. The third-order valence-corrected chi connectivity index (χ3v) is 3.62. The van der Waals surface area contributed by atoms with Gasteiger partial charge >= 0.3 is 94.5 Å². The molecule has 0 aromatic carbocycles. The summed E-state index contributed by atoms with van der Waals surface area (Å²) in [7, 11) is 0. The molecular weight excluding hydrogens is 352 g/mol. The Hall–Kier alpha value is -0.0425. The Balaban J connectivity index is 2.90. The van der Waals surface area contributed by atoms with E-state index in [1.807, 2.05) is 28.8 Å². The van der Waals surface area contributed by atoms with Crippen molar-refractivity contribution in [3.63, 3.8) is 0 Å². The van der Waals surface area contributed by atoms with Crippen LogP contribution in [0.5, 0.6) is 0 Å². The molecule has 0 bridgehead atoms. The van der Waals surface area contributed by atoms with Gasteiger partial charge in [0.25, 0.3) is 0 Å². The Morgan fingerprint density at radius 1 is 1.45 bits per heavy atom. The maximum absolute atomic E-state index is 5.72. The van der Waals surface area contributed by atoms with E-state index in [0.717, 1.165) is 11.5 Å². The van der Waals surface area contributed by atoms with Crippen LogP contribution in [0.25, 0.3) is 5.65 Å². The number of aromatic nitrogens is 2. The predicted molar refractivity (Wildman–Crippen MR) is 40.6 cm³/mol. The fourth-order valence-electron chi connectivity index (χ4n) is 1.15. The van der Waals surface area contributed by atoms with Crippen molar-refractivity contribution < 1.29 is 42.8 Å². The molecule has 2 aromatic heterocycles. The summed E-state index contributed by atoms with van der Waals surface area (Å²) >= 11 is 0.334. The molecule has 0 amide bonds. The Labute approximate surface area is 93.4 Å². The Morgan fingerprint density at radius 2 is 2.27 bits per heavy atom. The molecule has 0 unspecified atom stereocenters. The van der Waals surface area contributed by atoms with Crippen molar-refractivity contribution in [2.45, 2.75) is 0 Å². The van der Waals surface area contributed by atoms with Gasteiger partial charge in [0.2, 0.25) is 0 Å². The van der Waals surface area contributed by atoms with Gasteiger partial charge in [-0.3, -0.25) is 0 Å². The van der Waals surface area contributed by atoms with Gasteiger partial charge in [0.1, 0.15) is 0 Å². The normalized spacial score (nSPS) is 10.5. The van der Waals surface area contributed by atoms with Crippen LogP contribution in [0.15, 0.2) is 24.4 Å². The summed E-state index contributed by atoms with van der Waals surface area (Å²) in [5.74, 6) is 0.762. The van der Waals surface area contributed by atoms with Gasteiger partial charge in [-0.2, -0.15) is 0 Å². The molecule has 4 heteroatoms. The number of hydrogen-bond donors (Lipinski definition) is 1. The average Bonchev–Trinajstić information content (AvgIpc) is 2.31. The summed E-state index contributed by atoms with van der Waals surface area (Å²) in [6, 6.07) is 5.78. The molecule has 3 nitrogen and oxygen atoms in total. The summed E-state index contributed by atoms with van der Waals surface area (Å²) in [5.41, 5.74) is 6.68. The molecule has 0 aliphatic carbocycles. The zero-order chi connectivity index (χ0) is 7.84. The standard InChI is InChI=1S/C7H6N3.Ra.H/c8-6-2-1-3-7-9-4-5-10(6)7;;/h1-3,5H,8H2;;. The van der Waals surface area contributed by atoms with Crippen molar-refractivity contribution in [3.8, 4) is 0 Å². The summed E-state index contributed by atoms with van der Waals surface area (Å²) in [6.07, 6.45) is 2.02. The Bertz CT molecular complexity index is 393. The monoisotopic (exact) mass is 359 g/mol. The first-order valence-corrected chi connectivity index (χ1v) is 7.58. The van der Waals surface area contributed by atoms with Crippen molar-refractivity contribution in [2.24, 2.45) is 0 Å². The molecule has 0 saturated carbocycles. The Morgan fingerprint density at radius 3 is 3.00 bits per heavy atom. The minimum absolute atomic E-state index is 0.334. The van der Waals surface area contributed by atoms with Gasteiger partial charge in [0.15, 0.2) is 0 Å². The number of nitrogens with two attached hydrogens (primary N) is 1. The molecule has 2 heterocycles.